The number of nitrogens with zero attached hydrogens (tertiary/aromatic N) is 1. The number of aromatic hydroxyl groups is 1. The third-order valence-corrected chi connectivity index (χ3v) is 1.88. The largest absolute Gasteiger partial charge is 0.506 e. The van der Waals surface area contributed by atoms with Crippen LogP contribution in [0.4, 0.5) is 0 Å². The van der Waals surface area contributed by atoms with Crippen LogP contribution in [0.15, 0.2) is 18.3 Å². The van der Waals surface area contributed by atoms with Gasteiger partial charge >= 0.3 is 0 Å². The van der Waals surface area contributed by atoms with E-state index < -0.39 is 0 Å². The maximum Gasteiger partial charge on any atom is 0.137 e. The molecule has 2 nitrogen and oxygen atoms in total. The molecule has 1 heterocycles. The Balaban J connectivity index is 2.46. The second-order valence-electron chi connectivity index (χ2n) is 2.93. The van der Waals surface area contributed by atoms with Gasteiger partial charge in [0, 0.05) is 6.20 Å². The van der Waals surface area contributed by atoms with Gasteiger partial charge in [0.15, 0.2) is 0 Å². The second-order valence-corrected chi connectivity index (χ2v) is 2.93. The van der Waals surface area contributed by atoms with E-state index in [0.717, 1.165) is 18.5 Å². The minimum Gasteiger partial charge on any atom is -0.506 e. The highest BCUT2D eigenvalue weighted by molar-refractivity contribution is 5.24. The summed E-state index contributed by atoms with van der Waals surface area (Å²) in [5.41, 5.74) is 0.825. The van der Waals surface area contributed by atoms with E-state index >= 15 is 0 Å². The summed E-state index contributed by atoms with van der Waals surface area (Å²) in [6.45, 7) is 2.16. The number of aryl methyl sites for hydroxylation is 1. The molecule has 0 radical (unpaired) electrons. The Kier molecular flexibility index (Phi) is 3.58. The maximum atomic E-state index is 9.35. The van der Waals surface area contributed by atoms with Crippen molar-refractivity contribution in [2.75, 3.05) is 0 Å². The van der Waals surface area contributed by atoms with E-state index in [0.29, 0.717) is 5.75 Å². The van der Waals surface area contributed by atoms with E-state index in [1.165, 1.54) is 12.8 Å². The van der Waals surface area contributed by atoms with E-state index in [1.54, 1.807) is 18.3 Å². The van der Waals surface area contributed by atoms with E-state index in [2.05, 4.69) is 11.9 Å². The highest BCUT2D eigenvalue weighted by Gasteiger charge is 1.99. The van der Waals surface area contributed by atoms with E-state index in [9.17, 15) is 5.11 Å². The number of rotatable bonds is 4. The Bertz CT molecular complexity index is 235. The summed E-state index contributed by atoms with van der Waals surface area (Å²) >= 11 is 0. The first-order chi connectivity index (χ1) is 5.84. The van der Waals surface area contributed by atoms with Crippen LogP contribution in [0.5, 0.6) is 5.75 Å². The van der Waals surface area contributed by atoms with Crippen molar-refractivity contribution < 1.29 is 5.11 Å². The molecular formula is C10H15NO. The highest BCUT2D eigenvalue weighted by Crippen LogP contribution is 2.15. The van der Waals surface area contributed by atoms with E-state index in [4.69, 9.17) is 0 Å². The van der Waals surface area contributed by atoms with Crippen LogP contribution in [-0.2, 0) is 6.42 Å². The summed E-state index contributed by atoms with van der Waals surface area (Å²) in [7, 11) is 0. The van der Waals surface area contributed by atoms with Crippen molar-refractivity contribution in [3.05, 3.63) is 24.0 Å². The summed E-state index contributed by atoms with van der Waals surface area (Å²) < 4.78 is 0. The molecule has 0 aliphatic rings. The highest BCUT2D eigenvalue weighted by atomic mass is 16.3. The van der Waals surface area contributed by atoms with Gasteiger partial charge in [-0.25, -0.2) is 0 Å². The Morgan fingerprint density at radius 3 is 2.92 bits per heavy atom. The number of aromatic nitrogens is 1. The molecule has 0 bridgehead atoms. The number of hydrogen-bond acceptors (Lipinski definition) is 2. The van der Waals surface area contributed by atoms with E-state index in [-0.39, 0.29) is 0 Å². The smallest absolute Gasteiger partial charge is 0.137 e. The molecule has 0 saturated heterocycles. The van der Waals surface area contributed by atoms with E-state index in [1.807, 2.05) is 0 Å². The van der Waals surface area contributed by atoms with Crippen LogP contribution >= 0.6 is 0 Å². The normalized spacial score (nSPS) is 10.1. The van der Waals surface area contributed by atoms with Crippen LogP contribution in [0, 0.1) is 0 Å². The van der Waals surface area contributed by atoms with Crippen LogP contribution < -0.4 is 0 Å². The van der Waals surface area contributed by atoms with Crippen LogP contribution in [0.1, 0.15) is 31.9 Å². The van der Waals surface area contributed by atoms with Crippen molar-refractivity contribution in [2.45, 2.75) is 32.6 Å². The van der Waals surface area contributed by atoms with Crippen LogP contribution in [0.3, 0.4) is 0 Å². The topological polar surface area (TPSA) is 33.1 Å². The molecule has 1 N–H and O–H groups in total. The summed E-state index contributed by atoms with van der Waals surface area (Å²) in [5, 5.41) is 9.35. The molecule has 0 amide bonds. The van der Waals surface area contributed by atoms with Crippen molar-refractivity contribution >= 4 is 0 Å². The van der Waals surface area contributed by atoms with Crippen molar-refractivity contribution in [3.8, 4) is 5.75 Å². The van der Waals surface area contributed by atoms with Gasteiger partial charge in [0.2, 0.25) is 0 Å². The summed E-state index contributed by atoms with van der Waals surface area (Å²) in [5.74, 6) is 0.327. The fraction of sp³-hybridized carbons (Fsp3) is 0.500. The molecule has 1 aromatic rings. The standard InChI is InChI=1S/C10H15NO/c1-2-3-4-6-9-10(12)7-5-8-11-9/h5,7-8,12H,2-4,6H2,1H3. The van der Waals surface area contributed by atoms with Crippen molar-refractivity contribution in [2.24, 2.45) is 0 Å². The number of pyridine rings is 1. The molecule has 0 saturated carbocycles. The molecule has 0 unspecified atom stereocenters. The third kappa shape index (κ3) is 2.53. The zero-order valence-corrected chi connectivity index (χ0v) is 7.45. The molecule has 66 valence electrons. The summed E-state index contributed by atoms with van der Waals surface area (Å²) in [6.07, 6.45) is 6.13. The molecule has 1 aromatic heterocycles. The molecular weight excluding hydrogens is 150 g/mol. The van der Waals surface area contributed by atoms with Gasteiger partial charge in [-0.05, 0) is 25.0 Å². The predicted molar refractivity (Wildman–Crippen MR) is 49.1 cm³/mol. The number of unbranched alkanes of at least 4 members (excludes halogenated alkanes) is 2. The van der Waals surface area contributed by atoms with Gasteiger partial charge in [0.1, 0.15) is 5.75 Å². The maximum absolute atomic E-state index is 9.35. The Hall–Kier alpha value is -1.05. The average Bonchev–Trinajstić information content (AvgIpc) is 2.09. The van der Waals surface area contributed by atoms with Crippen molar-refractivity contribution in [1.29, 1.82) is 0 Å². The molecule has 0 aliphatic carbocycles. The molecule has 0 aliphatic heterocycles. The first kappa shape index (κ1) is 9.04. The van der Waals surface area contributed by atoms with Crippen LogP contribution in [0.25, 0.3) is 0 Å². The third-order valence-electron chi connectivity index (χ3n) is 1.88. The van der Waals surface area contributed by atoms with Crippen LogP contribution in [0.2, 0.25) is 0 Å². The first-order valence-electron chi connectivity index (χ1n) is 4.47. The monoisotopic (exact) mass is 165 g/mol. The van der Waals surface area contributed by atoms with Gasteiger partial charge in [0.05, 0.1) is 5.69 Å². The van der Waals surface area contributed by atoms with Crippen molar-refractivity contribution in [3.63, 3.8) is 0 Å². The average molecular weight is 165 g/mol. The molecule has 1 rings (SSSR count). The number of hydrogen-bond donors (Lipinski definition) is 1. The minimum absolute atomic E-state index is 0.327. The molecule has 0 fully saturated rings. The lowest BCUT2D eigenvalue weighted by atomic mass is 10.1. The SMILES string of the molecule is CCCCCc1ncccc1O. The molecule has 0 spiro atoms. The Labute approximate surface area is 73.3 Å². The zero-order chi connectivity index (χ0) is 8.81. The fourth-order valence-corrected chi connectivity index (χ4v) is 1.16. The Morgan fingerprint density at radius 1 is 1.42 bits per heavy atom. The van der Waals surface area contributed by atoms with Gasteiger partial charge in [0.25, 0.3) is 0 Å². The summed E-state index contributed by atoms with van der Waals surface area (Å²) in [4.78, 5) is 4.10. The summed E-state index contributed by atoms with van der Waals surface area (Å²) in [6, 6.07) is 3.44. The fourth-order valence-electron chi connectivity index (χ4n) is 1.16. The van der Waals surface area contributed by atoms with Gasteiger partial charge in [-0.2, -0.15) is 0 Å². The lowest BCUT2D eigenvalue weighted by molar-refractivity contribution is 0.462. The molecule has 0 aromatic carbocycles. The Morgan fingerprint density at radius 2 is 2.25 bits per heavy atom. The molecule has 0 atom stereocenters. The quantitative estimate of drug-likeness (QED) is 0.695. The molecule has 2 heteroatoms. The van der Waals surface area contributed by atoms with Gasteiger partial charge in [-0.15, -0.1) is 0 Å². The predicted octanol–water partition coefficient (Wildman–Crippen LogP) is 2.52. The molecule has 12 heavy (non-hydrogen) atoms. The lowest BCUT2D eigenvalue weighted by Gasteiger charge is -2.01. The zero-order valence-electron chi connectivity index (χ0n) is 7.45. The first-order valence-corrected chi connectivity index (χ1v) is 4.47. The minimum atomic E-state index is 0.327. The van der Waals surface area contributed by atoms with Crippen LogP contribution in [-0.4, -0.2) is 10.1 Å². The second kappa shape index (κ2) is 4.75. The lowest BCUT2D eigenvalue weighted by Crippen LogP contribution is -1.89. The van der Waals surface area contributed by atoms with Crippen molar-refractivity contribution in [1.82, 2.24) is 4.98 Å². The van der Waals surface area contributed by atoms with Gasteiger partial charge in [-0.1, -0.05) is 19.8 Å². The van der Waals surface area contributed by atoms with Gasteiger partial charge in [-0.3, -0.25) is 4.98 Å². The van der Waals surface area contributed by atoms with Gasteiger partial charge < -0.3 is 5.11 Å².